The predicted molar refractivity (Wildman–Crippen MR) is 148 cm³/mol. The van der Waals surface area contributed by atoms with Crippen molar-refractivity contribution in [1.29, 1.82) is 0 Å². The maximum Gasteiger partial charge on any atom is 0.261 e. The predicted octanol–water partition coefficient (Wildman–Crippen LogP) is 4.14. The second kappa shape index (κ2) is 10.2. The minimum absolute atomic E-state index is 0.0105. The molecule has 2 aromatic carbocycles. The second-order valence-corrected chi connectivity index (χ2v) is 11.5. The molecule has 9 nitrogen and oxygen atoms in total. The Kier molecular flexibility index (Phi) is 6.78. The first kappa shape index (κ1) is 27.3. The summed E-state index contributed by atoms with van der Waals surface area (Å²) in [5, 5.41) is 5.67. The van der Waals surface area contributed by atoms with Crippen molar-refractivity contribution in [1.82, 2.24) is 15.6 Å². The average molecular weight is 582 g/mol. The number of epoxide rings is 1. The number of aromatic nitrogens is 1. The van der Waals surface area contributed by atoms with Gasteiger partial charge in [0.15, 0.2) is 23.2 Å². The molecule has 4 heterocycles. The summed E-state index contributed by atoms with van der Waals surface area (Å²) >= 11 is 6.09. The first-order valence-electron chi connectivity index (χ1n) is 13.3. The van der Waals surface area contributed by atoms with Crippen LogP contribution >= 0.6 is 11.6 Å². The summed E-state index contributed by atoms with van der Waals surface area (Å²) in [5.41, 5.74) is 2.00. The van der Waals surface area contributed by atoms with Crippen LogP contribution in [0.2, 0.25) is 5.02 Å². The van der Waals surface area contributed by atoms with E-state index in [1.54, 1.807) is 24.3 Å². The standard InChI is InChI=1S/C30H29ClFN3O6/c1-29(2)14-39-26-18(29)12-24(35-25(26)16-4-6-20(32)19(31)10-16)30(15-40-30)13-34-27(36)17-5-7-21(23(11-17)38-3)41-22-8-9-33-28(22)37/h4-7,10-12,22H,8-9,13-15H2,1-3H3,(H,33,37)(H,34,36). The third kappa shape index (κ3) is 5.06. The SMILES string of the molecule is COc1cc(C(=O)NCC2(c3cc4c(c(-c5ccc(F)c(Cl)c5)n3)OCC4(C)C)CO2)ccc1OC1CCNC1=O. The highest BCUT2D eigenvalue weighted by Crippen LogP contribution is 2.48. The molecule has 0 bridgehead atoms. The van der Waals surface area contributed by atoms with Crippen molar-refractivity contribution in [3.63, 3.8) is 0 Å². The van der Waals surface area contributed by atoms with Gasteiger partial charge >= 0.3 is 0 Å². The lowest BCUT2D eigenvalue weighted by Crippen LogP contribution is -2.34. The fraction of sp³-hybridized carbons (Fsp3) is 0.367. The van der Waals surface area contributed by atoms with E-state index in [1.165, 1.54) is 19.2 Å². The number of halogens is 2. The van der Waals surface area contributed by atoms with Gasteiger partial charge in [0.1, 0.15) is 17.3 Å². The molecule has 214 valence electrons. The van der Waals surface area contributed by atoms with E-state index in [2.05, 4.69) is 24.5 Å². The number of benzene rings is 2. The molecule has 0 aliphatic carbocycles. The Hall–Kier alpha value is -3.89. The van der Waals surface area contributed by atoms with Crippen molar-refractivity contribution in [3.05, 3.63) is 70.1 Å². The van der Waals surface area contributed by atoms with Gasteiger partial charge in [0.2, 0.25) is 0 Å². The largest absolute Gasteiger partial charge is 0.493 e. The maximum atomic E-state index is 13.9. The fourth-order valence-corrected chi connectivity index (χ4v) is 5.26. The summed E-state index contributed by atoms with van der Waals surface area (Å²) in [6.07, 6.45) is -0.0381. The molecule has 6 rings (SSSR count). The van der Waals surface area contributed by atoms with Gasteiger partial charge in [-0.2, -0.15) is 0 Å². The Morgan fingerprint density at radius 2 is 2.00 bits per heavy atom. The number of carbonyl (C=O) groups excluding carboxylic acids is 2. The lowest BCUT2D eigenvalue weighted by molar-refractivity contribution is -0.124. The molecule has 2 unspecified atom stereocenters. The van der Waals surface area contributed by atoms with Crippen LogP contribution in [0, 0.1) is 5.82 Å². The molecule has 2 fully saturated rings. The highest BCUT2D eigenvalue weighted by Gasteiger charge is 2.50. The van der Waals surface area contributed by atoms with Crippen molar-refractivity contribution in [2.24, 2.45) is 0 Å². The van der Waals surface area contributed by atoms with E-state index in [4.69, 9.17) is 35.5 Å². The van der Waals surface area contributed by atoms with Crippen molar-refractivity contribution < 1.29 is 32.9 Å². The molecule has 3 aromatic rings. The zero-order chi connectivity index (χ0) is 28.9. The number of rotatable bonds is 8. The number of ether oxygens (including phenoxy) is 4. The quantitative estimate of drug-likeness (QED) is 0.385. The molecular weight excluding hydrogens is 553 g/mol. The van der Waals surface area contributed by atoms with Gasteiger partial charge in [-0.1, -0.05) is 25.4 Å². The Labute approximate surface area is 241 Å². The number of pyridine rings is 1. The molecular formula is C30H29ClFN3O6. The Morgan fingerprint density at radius 1 is 1.20 bits per heavy atom. The molecule has 2 N–H and O–H groups in total. The molecule has 0 spiro atoms. The van der Waals surface area contributed by atoms with Crippen LogP contribution in [0.3, 0.4) is 0 Å². The van der Waals surface area contributed by atoms with Crippen LogP contribution in [0.25, 0.3) is 11.3 Å². The average Bonchev–Trinajstić information content (AvgIpc) is 3.56. The number of hydrogen-bond donors (Lipinski definition) is 2. The van der Waals surface area contributed by atoms with Crippen LogP contribution < -0.4 is 24.8 Å². The molecule has 41 heavy (non-hydrogen) atoms. The van der Waals surface area contributed by atoms with Gasteiger partial charge in [-0.05, 0) is 42.5 Å². The topological polar surface area (TPSA) is 111 Å². The number of carbonyl (C=O) groups is 2. The third-order valence-corrected chi connectivity index (χ3v) is 7.95. The molecule has 3 aliphatic heterocycles. The molecule has 3 aliphatic rings. The summed E-state index contributed by atoms with van der Waals surface area (Å²) in [5.74, 6) is 0.330. The maximum absolute atomic E-state index is 13.9. The van der Waals surface area contributed by atoms with Crippen LogP contribution in [-0.4, -0.2) is 56.3 Å². The fourth-order valence-electron chi connectivity index (χ4n) is 5.08. The minimum atomic E-state index is -0.828. The van der Waals surface area contributed by atoms with Gasteiger partial charge in [-0.15, -0.1) is 0 Å². The van der Waals surface area contributed by atoms with Crippen molar-refractivity contribution in [3.8, 4) is 28.5 Å². The first-order valence-corrected chi connectivity index (χ1v) is 13.7. The lowest BCUT2D eigenvalue weighted by atomic mass is 9.85. The van der Waals surface area contributed by atoms with E-state index >= 15 is 0 Å². The van der Waals surface area contributed by atoms with Gasteiger partial charge < -0.3 is 29.6 Å². The highest BCUT2D eigenvalue weighted by molar-refractivity contribution is 6.31. The lowest BCUT2D eigenvalue weighted by Gasteiger charge is -2.20. The molecule has 2 atom stereocenters. The van der Waals surface area contributed by atoms with Gasteiger partial charge in [0.05, 0.1) is 37.6 Å². The van der Waals surface area contributed by atoms with E-state index in [0.29, 0.717) is 65.9 Å². The van der Waals surface area contributed by atoms with Gasteiger partial charge in [-0.3, -0.25) is 9.59 Å². The molecule has 1 aromatic heterocycles. The van der Waals surface area contributed by atoms with Gasteiger partial charge in [0, 0.05) is 35.1 Å². The number of amides is 2. The van der Waals surface area contributed by atoms with E-state index in [1.807, 2.05) is 6.07 Å². The third-order valence-electron chi connectivity index (χ3n) is 7.66. The van der Waals surface area contributed by atoms with Crippen molar-refractivity contribution in [2.45, 2.75) is 37.4 Å². The van der Waals surface area contributed by atoms with E-state index in [-0.39, 0.29) is 28.8 Å². The Morgan fingerprint density at radius 3 is 2.68 bits per heavy atom. The highest BCUT2D eigenvalue weighted by atomic mass is 35.5. The zero-order valence-corrected chi connectivity index (χ0v) is 23.6. The van der Waals surface area contributed by atoms with Crippen LogP contribution in [0.15, 0.2) is 42.5 Å². The second-order valence-electron chi connectivity index (χ2n) is 11.1. The molecule has 11 heteroatoms. The minimum Gasteiger partial charge on any atom is -0.493 e. The van der Waals surface area contributed by atoms with Crippen molar-refractivity contribution in [2.75, 3.05) is 33.4 Å². The van der Waals surface area contributed by atoms with Crippen LogP contribution in [-0.2, 0) is 20.5 Å². The van der Waals surface area contributed by atoms with Crippen molar-refractivity contribution >= 4 is 23.4 Å². The van der Waals surface area contributed by atoms with Gasteiger partial charge in [0.25, 0.3) is 11.8 Å². The summed E-state index contributed by atoms with van der Waals surface area (Å²) in [7, 11) is 1.47. The normalized spacial score (nSPS) is 22.0. The van der Waals surface area contributed by atoms with Crippen LogP contribution in [0.5, 0.6) is 17.2 Å². The first-order chi connectivity index (χ1) is 19.6. The molecule has 2 amide bonds. The van der Waals surface area contributed by atoms with Crippen LogP contribution in [0.4, 0.5) is 4.39 Å². The van der Waals surface area contributed by atoms with Gasteiger partial charge in [-0.25, -0.2) is 9.37 Å². The Balaban J connectivity index is 1.24. The summed E-state index contributed by atoms with van der Waals surface area (Å²) in [6, 6.07) is 11.2. The smallest absolute Gasteiger partial charge is 0.261 e. The van der Waals surface area contributed by atoms with Crippen LogP contribution in [0.1, 0.15) is 41.9 Å². The summed E-state index contributed by atoms with van der Waals surface area (Å²) in [4.78, 5) is 29.9. The van der Waals surface area contributed by atoms with E-state index < -0.39 is 17.5 Å². The summed E-state index contributed by atoms with van der Waals surface area (Å²) in [6.45, 7) is 5.71. The monoisotopic (exact) mass is 581 g/mol. The Bertz CT molecular complexity index is 1560. The number of hydrogen-bond acceptors (Lipinski definition) is 7. The number of nitrogens with zero attached hydrogens (tertiary/aromatic N) is 1. The molecule has 2 saturated heterocycles. The number of fused-ring (bicyclic) bond motifs is 1. The van der Waals surface area contributed by atoms with E-state index in [9.17, 15) is 14.0 Å². The number of methoxy groups -OCH3 is 1. The molecule has 0 saturated carbocycles. The van der Waals surface area contributed by atoms with E-state index in [0.717, 1.165) is 5.56 Å². The zero-order valence-electron chi connectivity index (χ0n) is 22.8. The molecule has 0 radical (unpaired) electrons. The number of nitrogens with one attached hydrogen (secondary N) is 2. The summed E-state index contributed by atoms with van der Waals surface area (Å²) < 4.78 is 37.1.